The number of hydrogen-bond acceptors (Lipinski definition) is 3. The SMILES string of the molecule is CC1=C([C@@H]2C=C(CO[Si](C)(C)C(C)(C)C)CC[N+]2([O-])C2c3ccccc3C[C@H]2O)C(C)(C)CCC1. The van der Waals surface area contributed by atoms with E-state index in [2.05, 4.69) is 72.8 Å². The van der Waals surface area contributed by atoms with Crippen LogP contribution in [0.15, 0.2) is 47.1 Å². The van der Waals surface area contributed by atoms with Crippen LogP contribution in [0.25, 0.3) is 0 Å². The van der Waals surface area contributed by atoms with Gasteiger partial charge in [0.25, 0.3) is 0 Å². The molecule has 0 aromatic heterocycles. The molecular weight excluding hydrogens is 450 g/mol. The van der Waals surface area contributed by atoms with Crippen molar-refractivity contribution in [1.82, 2.24) is 0 Å². The van der Waals surface area contributed by atoms with Crippen LogP contribution in [-0.4, -0.2) is 43.4 Å². The first-order valence-electron chi connectivity index (χ1n) is 13.6. The summed E-state index contributed by atoms with van der Waals surface area (Å²) in [6.07, 6.45) is 6.26. The standard InChI is InChI=1S/C30H47NO3Si/c1-21-12-11-16-30(5,6)27(21)25-18-22(20-34-35(7,8)29(2,3)4)15-17-31(25,33)28-24-14-10-9-13-23(24)19-26(28)32/h9-10,13-14,18,25-26,28,32H,11-12,15-17,19-20H2,1-8H3/t25-,26+,28?,31?/m0/s1. The van der Waals surface area contributed by atoms with Gasteiger partial charge in [-0.05, 0) is 72.5 Å². The fourth-order valence-corrected chi connectivity index (χ4v) is 7.47. The molecule has 1 aromatic carbocycles. The highest BCUT2D eigenvalue weighted by Crippen LogP contribution is 2.51. The average Bonchev–Trinajstić information content (AvgIpc) is 3.09. The number of aliphatic hydroxyl groups excluding tert-OH is 1. The van der Waals surface area contributed by atoms with Crippen molar-refractivity contribution in [2.45, 2.75) is 110 Å². The molecule has 0 spiro atoms. The van der Waals surface area contributed by atoms with Gasteiger partial charge in [0, 0.05) is 18.4 Å². The van der Waals surface area contributed by atoms with Crippen molar-refractivity contribution in [3.8, 4) is 0 Å². The lowest BCUT2D eigenvalue weighted by Crippen LogP contribution is -2.59. The second kappa shape index (κ2) is 9.25. The molecule has 4 nitrogen and oxygen atoms in total. The maximum Gasteiger partial charge on any atom is 0.192 e. The van der Waals surface area contributed by atoms with E-state index in [-0.39, 0.29) is 21.1 Å². The lowest BCUT2D eigenvalue weighted by Gasteiger charge is -2.58. The van der Waals surface area contributed by atoms with Gasteiger partial charge in [-0.15, -0.1) is 0 Å². The highest BCUT2D eigenvalue weighted by Gasteiger charge is 2.51. The molecule has 3 aliphatic rings. The topological polar surface area (TPSA) is 52.5 Å². The van der Waals surface area contributed by atoms with E-state index < -0.39 is 20.5 Å². The number of nitrogens with zero attached hydrogens (tertiary/aromatic N) is 1. The Labute approximate surface area is 214 Å². The molecule has 0 bridgehead atoms. The summed E-state index contributed by atoms with van der Waals surface area (Å²) in [7, 11) is -1.89. The monoisotopic (exact) mass is 497 g/mol. The number of hydroxylamine groups is 3. The van der Waals surface area contributed by atoms with Crippen LogP contribution < -0.4 is 0 Å². The highest BCUT2D eigenvalue weighted by molar-refractivity contribution is 6.74. The maximum atomic E-state index is 15.1. The van der Waals surface area contributed by atoms with E-state index in [1.54, 1.807) is 0 Å². The minimum atomic E-state index is -1.89. The minimum absolute atomic E-state index is 0.0246. The Kier molecular flexibility index (Phi) is 7.09. The van der Waals surface area contributed by atoms with Gasteiger partial charge in [0.2, 0.25) is 0 Å². The molecule has 35 heavy (non-hydrogen) atoms. The molecule has 4 rings (SSSR count). The van der Waals surface area contributed by atoms with E-state index in [4.69, 9.17) is 4.43 Å². The molecule has 5 heteroatoms. The first-order valence-corrected chi connectivity index (χ1v) is 16.5. The first kappa shape index (κ1) is 26.8. The lowest BCUT2D eigenvalue weighted by atomic mass is 9.68. The molecule has 0 amide bonds. The van der Waals surface area contributed by atoms with Crippen LogP contribution in [-0.2, 0) is 10.8 Å². The predicted molar refractivity (Wildman–Crippen MR) is 147 cm³/mol. The van der Waals surface area contributed by atoms with Crippen molar-refractivity contribution >= 4 is 8.32 Å². The zero-order valence-corrected chi connectivity index (χ0v) is 24.3. The van der Waals surface area contributed by atoms with Gasteiger partial charge < -0.3 is 19.4 Å². The van der Waals surface area contributed by atoms with E-state index in [0.29, 0.717) is 19.6 Å². The summed E-state index contributed by atoms with van der Waals surface area (Å²) in [5.74, 6) is 0. The summed E-state index contributed by atoms with van der Waals surface area (Å²) in [5.41, 5.74) is 6.08. The average molecular weight is 498 g/mol. The van der Waals surface area contributed by atoms with Gasteiger partial charge >= 0.3 is 0 Å². The second-order valence-electron chi connectivity index (χ2n) is 13.5. The van der Waals surface area contributed by atoms with E-state index in [1.807, 2.05) is 12.1 Å². The Balaban J connectivity index is 1.77. The molecule has 4 atom stereocenters. The summed E-state index contributed by atoms with van der Waals surface area (Å²) in [6, 6.07) is 7.46. The molecule has 0 saturated carbocycles. The van der Waals surface area contributed by atoms with Crippen LogP contribution in [0.1, 0.15) is 84.4 Å². The smallest absolute Gasteiger partial charge is 0.192 e. The van der Waals surface area contributed by atoms with Gasteiger partial charge in [-0.3, -0.25) is 0 Å². The maximum absolute atomic E-state index is 15.1. The van der Waals surface area contributed by atoms with E-state index >= 15 is 5.21 Å². The number of fused-ring (bicyclic) bond motifs is 1. The first-order chi connectivity index (χ1) is 16.2. The quantitative estimate of drug-likeness (QED) is 0.202. The zero-order chi connectivity index (χ0) is 25.8. The van der Waals surface area contributed by atoms with Crippen LogP contribution in [0.3, 0.4) is 0 Å². The zero-order valence-electron chi connectivity index (χ0n) is 23.3. The molecule has 2 unspecified atom stereocenters. The molecule has 0 fully saturated rings. The van der Waals surface area contributed by atoms with Crippen molar-refractivity contribution in [3.63, 3.8) is 0 Å². The Bertz CT molecular complexity index is 1020. The fraction of sp³-hybridized carbons (Fsp3) is 0.667. The van der Waals surface area contributed by atoms with Crippen LogP contribution in [0.2, 0.25) is 18.1 Å². The van der Waals surface area contributed by atoms with Gasteiger partial charge in [0.15, 0.2) is 8.32 Å². The largest absolute Gasteiger partial charge is 0.632 e. The van der Waals surface area contributed by atoms with E-state index in [9.17, 15) is 5.11 Å². The second-order valence-corrected chi connectivity index (χ2v) is 18.3. The highest BCUT2D eigenvalue weighted by atomic mass is 28.4. The molecule has 194 valence electrons. The predicted octanol–water partition coefficient (Wildman–Crippen LogP) is 7.21. The fourth-order valence-electron chi connectivity index (χ4n) is 6.49. The van der Waals surface area contributed by atoms with Crippen molar-refractivity contribution in [3.05, 3.63) is 63.4 Å². The molecular formula is C30H47NO3Si. The van der Waals surface area contributed by atoms with Gasteiger partial charge in [-0.25, -0.2) is 0 Å². The molecule has 1 aromatic rings. The number of allylic oxidation sites excluding steroid dienone is 1. The summed E-state index contributed by atoms with van der Waals surface area (Å²) in [5, 5.41) is 26.5. The van der Waals surface area contributed by atoms with Gasteiger partial charge in [-0.2, -0.15) is 0 Å². The lowest BCUT2D eigenvalue weighted by molar-refractivity contribution is -0.929. The summed E-state index contributed by atoms with van der Waals surface area (Å²) in [4.78, 5) is 0. The molecule has 1 N–H and O–H groups in total. The Morgan fingerprint density at radius 2 is 1.86 bits per heavy atom. The Hall–Kier alpha value is -1.24. The summed E-state index contributed by atoms with van der Waals surface area (Å²) in [6.45, 7) is 19.4. The molecule has 0 radical (unpaired) electrons. The third-order valence-corrected chi connectivity index (χ3v) is 14.0. The number of rotatable bonds is 5. The van der Waals surface area contributed by atoms with Crippen LogP contribution in [0.5, 0.6) is 0 Å². The van der Waals surface area contributed by atoms with Crippen LogP contribution >= 0.6 is 0 Å². The van der Waals surface area contributed by atoms with Gasteiger partial charge in [-0.1, -0.05) is 64.5 Å². The molecule has 1 aliphatic heterocycles. The summed E-state index contributed by atoms with van der Waals surface area (Å²) >= 11 is 0. The van der Waals surface area contributed by atoms with Gasteiger partial charge in [0.1, 0.15) is 18.2 Å². The van der Waals surface area contributed by atoms with E-state index in [1.165, 1.54) is 23.1 Å². The normalized spacial score (nSPS) is 31.4. The van der Waals surface area contributed by atoms with Crippen LogP contribution in [0, 0.1) is 10.6 Å². The Morgan fingerprint density at radius 3 is 2.51 bits per heavy atom. The number of benzene rings is 1. The van der Waals surface area contributed by atoms with E-state index in [0.717, 1.165) is 30.4 Å². The minimum Gasteiger partial charge on any atom is -0.632 e. The third kappa shape index (κ3) is 4.87. The number of hydrogen-bond donors (Lipinski definition) is 1. The number of quaternary nitrogens is 1. The van der Waals surface area contributed by atoms with Crippen molar-refractivity contribution < 1.29 is 14.2 Å². The van der Waals surface area contributed by atoms with Gasteiger partial charge in [0.05, 0.1) is 13.2 Å². The van der Waals surface area contributed by atoms with Crippen molar-refractivity contribution in [2.24, 2.45) is 5.41 Å². The summed E-state index contributed by atoms with van der Waals surface area (Å²) < 4.78 is 6.24. The number of aliphatic hydroxyl groups is 1. The molecule has 1 heterocycles. The van der Waals surface area contributed by atoms with Crippen LogP contribution in [0.4, 0.5) is 0 Å². The molecule has 0 saturated heterocycles. The van der Waals surface area contributed by atoms with Crippen molar-refractivity contribution in [2.75, 3.05) is 13.2 Å². The van der Waals surface area contributed by atoms with Crippen molar-refractivity contribution in [1.29, 1.82) is 0 Å². The molecule has 2 aliphatic carbocycles. The Morgan fingerprint density at radius 1 is 1.17 bits per heavy atom. The third-order valence-electron chi connectivity index (χ3n) is 9.55.